The minimum Gasteiger partial charge on any atom is -0.325 e. The molecule has 0 aromatic carbocycles. The smallest absolute Gasteiger partial charge is 0.168 e. The Morgan fingerprint density at radius 2 is 2.36 bits per heavy atom. The molecule has 2 N–H and O–H groups in total. The third-order valence-corrected chi connectivity index (χ3v) is 1.86. The van der Waals surface area contributed by atoms with Gasteiger partial charge < -0.3 is 5.73 Å². The molecule has 0 amide bonds. The highest BCUT2D eigenvalue weighted by Gasteiger charge is 2.19. The summed E-state index contributed by atoms with van der Waals surface area (Å²) in [5, 5.41) is 0. The van der Waals surface area contributed by atoms with E-state index in [-0.39, 0.29) is 11.7 Å². The monoisotopic (exact) mass is 152 g/mol. The maximum atomic E-state index is 11.3. The van der Waals surface area contributed by atoms with Crippen molar-refractivity contribution >= 4 is 12.0 Å². The van der Waals surface area contributed by atoms with Gasteiger partial charge in [-0.3, -0.25) is 9.79 Å². The number of Topliss-reactive ketones (excluding diaryl/α,β-unsaturated/α-hetero) is 1. The van der Waals surface area contributed by atoms with Crippen molar-refractivity contribution in [1.29, 1.82) is 0 Å². The first-order valence-electron chi connectivity index (χ1n) is 3.65. The van der Waals surface area contributed by atoms with Crippen molar-refractivity contribution in [3.05, 3.63) is 11.3 Å². The van der Waals surface area contributed by atoms with E-state index in [0.29, 0.717) is 17.8 Å². The number of hydrogen-bond acceptors (Lipinski definition) is 3. The molecular formula is C8H12N2O. The van der Waals surface area contributed by atoms with Gasteiger partial charge in [0.15, 0.2) is 5.78 Å². The van der Waals surface area contributed by atoms with E-state index < -0.39 is 0 Å². The molecule has 0 spiro atoms. The molecule has 1 aliphatic rings. The molecule has 0 fully saturated rings. The first-order chi connectivity index (χ1) is 5.16. The van der Waals surface area contributed by atoms with Gasteiger partial charge in [0.05, 0.1) is 11.6 Å². The quantitative estimate of drug-likeness (QED) is 0.595. The Hall–Kier alpha value is -0.960. The molecule has 0 aromatic rings. The summed E-state index contributed by atoms with van der Waals surface area (Å²) in [6.45, 7) is 3.96. The average Bonchev–Trinajstić information content (AvgIpc) is 2.01. The van der Waals surface area contributed by atoms with Crippen molar-refractivity contribution in [2.24, 2.45) is 16.6 Å². The maximum Gasteiger partial charge on any atom is 0.168 e. The number of ketones is 1. The van der Waals surface area contributed by atoms with Crippen LogP contribution in [-0.4, -0.2) is 18.5 Å². The molecule has 1 aliphatic heterocycles. The fraction of sp³-hybridized carbons (Fsp3) is 0.500. The molecule has 0 saturated heterocycles. The summed E-state index contributed by atoms with van der Waals surface area (Å²) in [6, 6.07) is 0. The zero-order chi connectivity index (χ0) is 8.43. The Kier molecular flexibility index (Phi) is 2.19. The third-order valence-electron chi connectivity index (χ3n) is 1.86. The van der Waals surface area contributed by atoms with Crippen molar-refractivity contribution < 1.29 is 4.79 Å². The van der Waals surface area contributed by atoms with Crippen LogP contribution in [0.15, 0.2) is 16.3 Å². The van der Waals surface area contributed by atoms with Gasteiger partial charge in [0.1, 0.15) is 0 Å². The van der Waals surface area contributed by atoms with E-state index >= 15 is 0 Å². The highest BCUT2D eigenvalue weighted by atomic mass is 16.1. The summed E-state index contributed by atoms with van der Waals surface area (Å²) >= 11 is 0. The van der Waals surface area contributed by atoms with Crippen molar-refractivity contribution in [2.45, 2.75) is 13.8 Å². The largest absolute Gasteiger partial charge is 0.325 e. The summed E-state index contributed by atoms with van der Waals surface area (Å²) in [4.78, 5) is 15.4. The van der Waals surface area contributed by atoms with E-state index in [0.717, 1.165) is 0 Å². The highest BCUT2D eigenvalue weighted by Crippen LogP contribution is 2.15. The Bertz CT molecular complexity index is 240. The second-order valence-electron chi connectivity index (χ2n) is 2.71. The summed E-state index contributed by atoms with van der Waals surface area (Å²) < 4.78 is 0. The second kappa shape index (κ2) is 2.96. The predicted molar refractivity (Wildman–Crippen MR) is 44.4 cm³/mol. The Balaban J connectivity index is 2.97. The molecule has 0 aliphatic carbocycles. The van der Waals surface area contributed by atoms with Crippen molar-refractivity contribution in [1.82, 2.24) is 0 Å². The normalized spacial score (nSPS) is 24.6. The van der Waals surface area contributed by atoms with E-state index in [2.05, 4.69) is 4.99 Å². The number of nitrogens with two attached hydrogens (primary N) is 1. The van der Waals surface area contributed by atoms with Crippen LogP contribution in [0.2, 0.25) is 0 Å². The van der Waals surface area contributed by atoms with Gasteiger partial charge in [-0.15, -0.1) is 0 Å². The lowest BCUT2D eigenvalue weighted by molar-refractivity contribution is -0.117. The SMILES string of the molecule is CC1=C(CN)N=CC(C)C1=O. The van der Waals surface area contributed by atoms with Crippen LogP contribution in [0.5, 0.6) is 0 Å². The fourth-order valence-electron chi connectivity index (χ4n) is 1.06. The first kappa shape index (κ1) is 8.14. The van der Waals surface area contributed by atoms with Crippen molar-refractivity contribution in [3.63, 3.8) is 0 Å². The van der Waals surface area contributed by atoms with Gasteiger partial charge in [-0.2, -0.15) is 0 Å². The molecule has 60 valence electrons. The minimum atomic E-state index is -0.0784. The molecular weight excluding hydrogens is 140 g/mol. The third kappa shape index (κ3) is 1.38. The van der Waals surface area contributed by atoms with Crippen LogP contribution in [0.4, 0.5) is 0 Å². The second-order valence-corrected chi connectivity index (χ2v) is 2.71. The van der Waals surface area contributed by atoms with Crippen LogP contribution in [0.1, 0.15) is 13.8 Å². The maximum absolute atomic E-state index is 11.3. The number of hydrogen-bond donors (Lipinski definition) is 1. The summed E-state index contributed by atoms with van der Waals surface area (Å²) in [5.74, 6) is 0.0609. The highest BCUT2D eigenvalue weighted by molar-refractivity contribution is 6.07. The van der Waals surface area contributed by atoms with E-state index in [1.807, 2.05) is 6.92 Å². The lowest BCUT2D eigenvalue weighted by Gasteiger charge is -2.13. The van der Waals surface area contributed by atoms with Crippen LogP contribution in [0.25, 0.3) is 0 Å². The topological polar surface area (TPSA) is 55.4 Å². The lowest BCUT2D eigenvalue weighted by atomic mass is 9.97. The van der Waals surface area contributed by atoms with Gasteiger partial charge in [-0.05, 0) is 6.92 Å². The summed E-state index contributed by atoms with van der Waals surface area (Å²) in [7, 11) is 0. The Morgan fingerprint density at radius 1 is 1.73 bits per heavy atom. The molecule has 0 saturated carbocycles. The fourth-order valence-corrected chi connectivity index (χ4v) is 1.06. The lowest BCUT2D eigenvalue weighted by Crippen LogP contribution is -2.21. The molecule has 0 bridgehead atoms. The van der Waals surface area contributed by atoms with Crippen molar-refractivity contribution in [2.75, 3.05) is 6.54 Å². The summed E-state index contributed by atoms with van der Waals surface area (Å²) in [6.07, 6.45) is 1.65. The van der Waals surface area contributed by atoms with E-state index in [1.54, 1.807) is 13.1 Å². The van der Waals surface area contributed by atoms with Gasteiger partial charge in [0.2, 0.25) is 0 Å². The number of allylic oxidation sites excluding steroid dienone is 1. The number of aliphatic imine (C=N–C) groups is 1. The number of nitrogens with zero attached hydrogens (tertiary/aromatic N) is 1. The molecule has 0 radical (unpaired) electrons. The summed E-state index contributed by atoms with van der Waals surface area (Å²) in [5.41, 5.74) is 6.80. The molecule has 0 aromatic heterocycles. The molecule has 1 unspecified atom stereocenters. The number of rotatable bonds is 1. The number of carbonyl (C=O) groups is 1. The van der Waals surface area contributed by atoms with Crippen LogP contribution in [0.3, 0.4) is 0 Å². The minimum absolute atomic E-state index is 0.0784. The van der Waals surface area contributed by atoms with E-state index in [9.17, 15) is 4.79 Å². The average molecular weight is 152 g/mol. The van der Waals surface area contributed by atoms with Gasteiger partial charge in [-0.25, -0.2) is 0 Å². The molecule has 1 rings (SSSR count). The van der Waals surface area contributed by atoms with Crippen LogP contribution < -0.4 is 5.73 Å². The van der Waals surface area contributed by atoms with Crippen LogP contribution in [0, 0.1) is 5.92 Å². The first-order valence-corrected chi connectivity index (χ1v) is 3.65. The molecule has 11 heavy (non-hydrogen) atoms. The molecule has 1 heterocycles. The van der Waals surface area contributed by atoms with Gasteiger partial charge in [0.25, 0.3) is 0 Å². The van der Waals surface area contributed by atoms with Crippen molar-refractivity contribution in [3.8, 4) is 0 Å². The Labute approximate surface area is 66.0 Å². The van der Waals surface area contributed by atoms with Crippen LogP contribution in [-0.2, 0) is 4.79 Å². The predicted octanol–water partition coefficient (Wildman–Crippen LogP) is 0.509. The zero-order valence-electron chi connectivity index (χ0n) is 6.79. The van der Waals surface area contributed by atoms with E-state index in [1.165, 1.54) is 0 Å². The van der Waals surface area contributed by atoms with E-state index in [4.69, 9.17) is 5.73 Å². The Morgan fingerprint density at radius 3 is 2.91 bits per heavy atom. The standard InChI is InChI=1S/C8H12N2O/c1-5-4-10-7(3-9)6(2)8(5)11/h4-5H,3,9H2,1-2H3. The molecule has 3 nitrogen and oxygen atoms in total. The molecule has 3 heteroatoms. The van der Waals surface area contributed by atoms with Gasteiger partial charge in [0, 0.05) is 18.3 Å². The van der Waals surface area contributed by atoms with Crippen LogP contribution >= 0.6 is 0 Å². The van der Waals surface area contributed by atoms with Gasteiger partial charge in [-0.1, -0.05) is 6.92 Å². The molecule has 1 atom stereocenters. The van der Waals surface area contributed by atoms with Gasteiger partial charge >= 0.3 is 0 Å². The zero-order valence-corrected chi connectivity index (χ0v) is 6.79. The number of carbonyl (C=O) groups excluding carboxylic acids is 1.